The minimum absolute atomic E-state index is 0.00855. The molecule has 0 saturated carbocycles. The van der Waals surface area contributed by atoms with Crippen LogP contribution in [0.5, 0.6) is 11.5 Å². The average Bonchev–Trinajstić information content (AvgIpc) is 3.12. The van der Waals surface area contributed by atoms with E-state index < -0.39 is 30.2 Å². The van der Waals surface area contributed by atoms with Crippen LogP contribution in [-0.4, -0.2) is 63.5 Å². The molecule has 2 unspecified atom stereocenters. The number of esters is 1. The molecule has 0 spiro atoms. The molecule has 0 fully saturated rings. The molecule has 0 aliphatic rings. The molecule has 3 aromatic carbocycles. The zero-order chi connectivity index (χ0) is 37.9. The van der Waals surface area contributed by atoms with Gasteiger partial charge in [-0.15, -0.1) is 23.5 Å². The second-order valence-electron chi connectivity index (χ2n) is 10.6. The van der Waals surface area contributed by atoms with Gasteiger partial charge in [0.05, 0.1) is 18.1 Å². The Bertz CT molecular complexity index is 1650. The number of nitriles is 1. The summed E-state index contributed by atoms with van der Waals surface area (Å²) in [6.07, 6.45) is 1.16. The number of thioether (sulfide) groups is 2. The van der Waals surface area contributed by atoms with Crippen molar-refractivity contribution in [3.05, 3.63) is 95.0 Å². The van der Waals surface area contributed by atoms with Gasteiger partial charge in [0, 0.05) is 24.7 Å². The third-order valence-corrected chi connectivity index (χ3v) is 8.87. The van der Waals surface area contributed by atoms with Crippen LogP contribution < -0.4 is 4.74 Å². The monoisotopic (exact) mass is 773 g/mol. The molecular formula is C35H40ClN5O7S3. The summed E-state index contributed by atoms with van der Waals surface area (Å²) in [5, 5.41) is 18.7. The highest BCUT2D eigenvalue weighted by atomic mass is 35.5. The van der Waals surface area contributed by atoms with Crippen LogP contribution in [0, 0.1) is 17.2 Å². The molecule has 2 amide bonds. The van der Waals surface area contributed by atoms with Crippen molar-refractivity contribution in [2.24, 2.45) is 16.2 Å². The first-order chi connectivity index (χ1) is 24.3. The van der Waals surface area contributed by atoms with Crippen LogP contribution in [0.3, 0.4) is 0 Å². The summed E-state index contributed by atoms with van der Waals surface area (Å²) in [5.41, 5.74) is 1.36. The third-order valence-electron chi connectivity index (χ3n) is 6.50. The van der Waals surface area contributed by atoms with Crippen molar-refractivity contribution in [3.8, 4) is 17.6 Å². The predicted octanol–water partition coefficient (Wildman–Crippen LogP) is 9.76. The topological polar surface area (TPSA) is 143 Å². The lowest BCUT2D eigenvalue weighted by Crippen LogP contribution is -2.28. The summed E-state index contributed by atoms with van der Waals surface area (Å²) in [6.45, 7) is 7.30. The van der Waals surface area contributed by atoms with E-state index in [0.29, 0.717) is 32.2 Å². The van der Waals surface area contributed by atoms with E-state index in [1.54, 1.807) is 50.2 Å². The van der Waals surface area contributed by atoms with Gasteiger partial charge in [-0.25, -0.2) is 18.2 Å². The highest BCUT2D eigenvalue weighted by Gasteiger charge is 2.29. The van der Waals surface area contributed by atoms with Crippen LogP contribution in [0.4, 0.5) is 9.59 Å². The van der Waals surface area contributed by atoms with E-state index in [9.17, 15) is 19.6 Å². The molecule has 0 N–H and O–H groups in total. The van der Waals surface area contributed by atoms with E-state index in [2.05, 4.69) is 26.1 Å². The number of rotatable bonds is 11. The SMILES string of the molecule is CC(C)C(C(=O)OC(C#N)c1cccc(Oc2ccccc2)c1)c1ccc(Cl)cc1.CS/C(C)=N\OC(=O)N(C)SN(C)C(=O)O/N=C(/C)SC. The maximum absolute atomic E-state index is 13.0. The molecule has 272 valence electrons. The highest BCUT2D eigenvalue weighted by molar-refractivity contribution is 8.13. The fraction of sp³-hybridized carbons (Fsp3) is 0.314. The minimum atomic E-state index is -1.04. The lowest BCUT2D eigenvalue weighted by Gasteiger charge is -2.22. The van der Waals surface area contributed by atoms with E-state index in [4.69, 9.17) is 21.1 Å². The van der Waals surface area contributed by atoms with Gasteiger partial charge in [-0.1, -0.05) is 78.2 Å². The summed E-state index contributed by atoms with van der Waals surface area (Å²) in [6, 6.07) is 25.5. The number of oxime groups is 2. The molecule has 0 aromatic heterocycles. The summed E-state index contributed by atoms with van der Waals surface area (Å²) in [7, 11) is 2.88. The molecule has 3 rings (SSSR count). The quantitative estimate of drug-likeness (QED) is 0.0459. The zero-order valence-corrected chi connectivity index (χ0v) is 32.6. The molecule has 0 radical (unpaired) electrons. The Labute approximate surface area is 316 Å². The fourth-order valence-corrected chi connectivity index (χ4v) is 4.75. The minimum Gasteiger partial charge on any atom is -0.457 e. The van der Waals surface area contributed by atoms with Gasteiger partial charge in [-0.05, 0) is 74.2 Å². The predicted molar refractivity (Wildman–Crippen MR) is 206 cm³/mol. The molecule has 0 aliphatic carbocycles. The Morgan fingerprint density at radius 2 is 1.31 bits per heavy atom. The van der Waals surface area contributed by atoms with Crippen LogP contribution in [0.15, 0.2) is 89.2 Å². The summed E-state index contributed by atoms with van der Waals surface area (Å²) >= 11 is 9.47. The highest BCUT2D eigenvalue weighted by Crippen LogP contribution is 2.31. The van der Waals surface area contributed by atoms with Crippen molar-refractivity contribution in [3.63, 3.8) is 0 Å². The van der Waals surface area contributed by atoms with Gasteiger partial charge >= 0.3 is 18.2 Å². The second-order valence-corrected chi connectivity index (χ2v) is 14.3. The molecule has 3 aromatic rings. The number of nitrogens with zero attached hydrogens (tertiary/aromatic N) is 5. The maximum Gasteiger partial charge on any atom is 0.447 e. The smallest absolute Gasteiger partial charge is 0.447 e. The number of ether oxygens (including phenoxy) is 2. The Morgan fingerprint density at radius 1 is 0.784 bits per heavy atom. The second kappa shape index (κ2) is 22.5. The Hall–Kier alpha value is -4.36. The van der Waals surface area contributed by atoms with Crippen LogP contribution in [-0.2, 0) is 19.2 Å². The van der Waals surface area contributed by atoms with Gasteiger partial charge in [0.25, 0.3) is 0 Å². The van der Waals surface area contributed by atoms with Gasteiger partial charge in [0.2, 0.25) is 6.10 Å². The number of benzene rings is 3. The van der Waals surface area contributed by atoms with Gasteiger partial charge in [-0.3, -0.25) is 14.5 Å². The lowest BCUT2D eigenvalue weighted by molar-refractivity contribution is -0.150. The Balaban J connectivity index is 0.000000380. The summed E-state index contributed by atoms with van der Waals surface area (Å²) < 4.78 is 13.6. The molecular weight excluding hydrogens is 734 g/mol. The number of amides is 2. The molecule has 0 saturated heterocycles. The molecule has 0 aliphatic heterocycles. The van der Waals surface area contributed by atoms with Crippen molar-refractivity contribution in [1.29, 1.82) is 5.26 Å². The van der Waals surface area contributed by atoms with Crippen molar-refractivity contribution < 1.29 is 33.5 Å². The largest absolute Gasteiger partial charge is 0.457 e. The van der Waals surface area contributed by atoms with Crippen molar-refractivity contribution in [1.82, 2.24) is 8.61 Å². The van der Waals surface area contributed by atoms with Crippen LogP contribution in [0.1, 0.15) is 50.8 Å². The van der Waals surface area contributed by atoms with E-state index in [1.165, 1.54) is 37.6 Å². The van der Waals surface area contributed by atoms with E-state index in [1.807, 2.05) is 68.8 Å². The Kier molecular flexibility index (Phi) is 18.8. The third kappa shape index (κ3) is 15.2. The zero-order valence-electron chi connectivity index (χ0n) is 29.4. The maximum atomic E-state index is 13.0. The molecule has 16 heteroatoms. The van der Waals surface area contributed by atoms with Gasteiger partial charge in [-0.2, -0.15) is 5.26 Å². The van der Waals surface area contributed by atoms with Gasteiger partial charge in [0.1, 0.15) is 27.7 Å². The normalized spacial score (nSPS) is 12.3. The van der Waals surface area contributed by atoms with Gasteiger partial charge < -0.3 is 9.47 Å². The standard InChI is InChI=1S/C25H22ClNO3.C10H18N4O4S3/c1-17(2)24(18-11-13-20(26)14-12-18)25(28)30-23(16-27)19-7-6-10-22(15-19)29-21-8-4-3-5-9-21;1-7(19-5)11-17-9(15)13(3)21-14(4)10(16)18-12-8(2)20-6/h3-15,17,23-24H,1-2H3;1-6H3/b;11-7-,12-8-. The number of halogens is 1. The molecule has 12 nitrogen and oxygen atoms in total. The van der Waals surface area contributed by atoms with Crippen LogP contribution in [0.25, 0.3) is 0 Å². The summed E-state index contributed by atoms with van der Waals surface area (Å²) in [4.78, 5) is 45.5. The van der Waals surface area contributed by atoms with E-state index in [0.717, 1.165) is 26.3 Å². The number of carbonyl (C=O) groups excluding carboxylic acids is 3. The van der Waals surface area contributed by atoms with Gasteiger partial charge in [0.15, 0.2) is 0 Å². The van der Waals surface area contributed by atoms with E-state index >= 15 is 0 Å². The molecule has 0 heterocycles. The summed E-state index contributed by atoms with van der Waals surface area (Å²) in [5.74, 6) is 0.289. The van der Waals surface area contributed by atoms with Crippen molar-refractivity contribution in [2.45, 2.75) is 39.7 Å². The lowest BCUT2D eigenvalue weighted by atomic mass is 9.88. The first-order valence-corrected chi connectivity index (χ1v) is 18.8. The van der Waals surface area contributed by atoms with Crippen molar-refractivity contribution in [2.75, 3.05) is 26.6 Å². The molecule has 0 bridgehead atoms. The fourth-order valence-electron chi connectivity index (χ4n) is 3.83. The molecule has 51 heavy (non-hydrogen) atoms. The van der Waals surface area contributed by atoms with Crippen LogP contribution in [0.2, 0.25) is 5.02 Å². The number of carbonyl (C=O) groups is 3. The Morgan fingerprint density at radius 3 is 1.80 bits per heavy atom. The van der Waals surface area contributed by atoms with Crippen LogP contribution >= 0.6 is 47.3 Å². The first-order valence-electron chi connectivity index (χ1n) is 15.2. The first kappa shape index (κ1) is 42.8. The van der Waals surface area contributed by atoms with E-state index in [-0.39, 0.29) is 5.92 Å². The number of hydrogen-bond acceptors (Lipinski definition) is 13. The average molecular weight is 774 g/mol. The van der Waals surface area contributed by atoms with Crippen molar-refractivity contribution >= 4 is 75.5 Å². The number of para-hydroxylation sites is 1. The molecule has 2 atom stereocenters. The number of hydrogen-bond donors (Lipinski definition) is 0.